The molecule has 1 saturated heterocycles. The lowest BCUT2D eigenvalue weighted by Crippen LogP contribution is -2.49. The summed E-state index contributed by atoms with van der Waals surface area (Å²) < 4.78 is 32.7. The maximum absolute atomic E-state index is 12.9. The third kappa shape index (κ3) is 4.78. The van der Waals surface area contributed by atoms with Gasteiger partial charge in [-0.2, -0.15) is 0 Å². The predicted octanol–water partition coefficient (Wildman–Crippen LogP) is 1.71. The normalized spacial score (nSPS) is 20.6. The monoisotopic (exact) mass is 398 g/mol. The minimum absolute atomic E-state index is 0.112. The van der Waals surface area contributed by atoms with Crippen LogP contribution >= 0.6 is 0 Å². The molecule has 1 aliphatic rings. The number of ether oxygens (including phenoxy) is 1. The van der Waals surface area contributed by atoms with Gasteiger partial charge in [0, 0.05) is 18.2 Å². The number of hydrogen-bond acceptors (Lipinski definition) is 5. The fraction of sp³-hybridized carbons (Fsp3) is 0.556. The van der Waals surface area contributed by atoms with Gasteiger partial charge in [-0.1, -0.05) is 6.92 Å². The van der Waals surface area contributed by atoms with E-state index in [9.17, 15) is 23.1 Å². The van der Waals surface area contributed by atoms with Gasteiger partial charge in [-0.3, -0.25) is 4.79 Å². The van der Waals surface area contributed by atoms with Crippen LogP contribution in [0, 0.1) is 5.92 Å². The standard InChI is InChI=1S/C18H26N2O6S/c1-11(2)19-27(24,25)16-10-13(5-6-15(16)26-4)17(21)20-8-7-12(3)9-14(20)18(22)23/h5-6,10-12,14,19H,7-9H2,1-4H3,(H,22,23). The van der Waals surface area contributed by atoms with Gasteiger partial charge in [0.1, 0.15) is 16.7 Å². The van der Waals surface area contributed by atoms with E-state index in [-0.39, 0.29) is 28.2 Å². The Morgan fingerprint density at radius 2 is 2.00 bits per heavy atom. The van der Waals surface area contributed by atoms with Gasteiger partial charge in [0.05, 0.1) is 7.11 Å². The van der Waals surface area contributed by atoms with E-state index in [1.54, 1.807) is 13.8 Å². The van der Waals surface area contributed by atoms with E-state index in [2.05, 4.69) is 4.72 Å². The van der Waals surface area contributed by atoms with Gasteiger partial charge in [0.25, 0.3) is 5.91 Å². The number of carboxylic acid groups (broad SMARTS) is 1. The molecular weight excluding hydrogens is 372 g/mol. The van der Waals surface area contributed by atoms with E-state index in [4.69, 9.17) is 4.74 Å². The summed E-state index contributed by atoms with van der Waals surface area (Å²) in [5.74, 6) is -1.24. The van der Waals surface area contributed by atoms with Crippen LogP contribution < -0.4 is 9.46 Å². The third-order valence-electron chi connectivity index (χ3n) is 4.50. The molecule has 2 rings (SSSR count). The smallest absolute Gasteiger partial charge is 0.326 e. The van der Waals surface area contributed by atoms with Crippen molar-refractivity contribution < 1.29 is 27.9 Å². The topological polar surface area (TPSA) is 113 Å². The Hall–Kier alpha value is -2.13. The molecule has 0 aliphatic carbocycles. The van der Waals surface area contributed by atoms with Crippen LogP contribution in [-0.4, -0.2) is 56.0 Å². The molecule has 1 amide bonds. The first-order chi connectivity index (χ1) is 12.6. The number of carbonyl (C=O) groups excluding carboxylic acids is 1. The van der Waals surface area contributed by atoms with Gasteiger partial charge in [-0.15, -0.1) is 0 Å². The molecule has 0 aromatic heterocycles. The van der Waals surface area contributed by atoms with Gasteiger partial charge in [0.2, 0.25) is 10.0 Å². The summed E-state index contributed by atoms with van der Waals surface area (Å²) in [4.78, 5) is 25.7. The Morgan fingerprint density at radius 3 is 2.56 bits per heavy atom. The molecule has 1 heterocycles. The highest BCUT2D eigenvalue weighted by Crippen LogP contribution is 2.28. The van der Waals surface area contributed by atoms with E-state index in [1.165, 1.54) is 30.2 Å². The van der Waals surface area contributed by atoms with E-state index < -0.39 is 27.9 Å². The lowest BCUT2D eigenvalue weighted by atomic mass is 9.92. The molecule has 150 valence electrons. The molecule has 27 heavy (non-hydrogen) atoms. The number of sulfonamides is 1. The average Bonchev–Trinajstić information content (AvgIpc) is 2.59. The van der Waals surface area contributed by atoms with Crippen LogP contribution in [0.2, 0.25) is 0 Å². The van der Waals surface area contributed by atoms with Crippen molar-refractivity contribution in [2.45, 2.75) is 50.6 Å². The SMILES string of the molecule is COc1ccc(C(=O)N2CCC(C)CC2C(=O)O)cc1S(=O)(=O)NC(C)C. The highest BCUT2D eigenvalue weighted by atomic mass is 32.2. The summed E-state index contributed by atoms with van der Waals surface area (Å²) in [6, 6.07) is 2.84. The van der Waals surface area contributed by atoms with Gasteiger partial charge in [-0.25, -0.2) is 17.9 Å². The maximum Gasteiger partial charge on any atom is 0.326 e. The largest absolute Gasteiger partial charge is 0.495 e. The molecule has 2 N–H and O–H groups in total. The van der Waals surface area contributed by atoms with Crippen molar-refractivity contribution >= 4 is 21.9 Å². The van der Waals surface area contributed by atoms with Crippen LogP contribution in [0.15, 0.2) is 23.1 Å². The summed E-state index contributed by atoms with van der Waals surface area (Å²) in [5.41, 5.74) is 0.112. The second-order valence-electron chi connectivity index (χ2n) is 7.12. The molecular formula is C18H26N2O6S. The third-order valence-corrected chi connectivity index (χ3v) is 6.18. The number of likely N-dealkylation sites (tertiary alicyclic amines) is 1. The Balaban J connectivity index is 2.42. The van der Waals surface area contributed by atoms with Crippen LogP contribution in [0.1, 0.15) is 44.0 Å². The Kier molecular flexibility index (Phi) is 6.48. The quantitative estimate of drug-likeness (QED) is 0.754. The van der Waals surface area contributed by atoms with Crippen molar-refractivity contribution in [2.24, 2.45) is 5.92 Å². The highest BCUT2D eigenvalue weighted by molar-refractivity contribution is 7.89. The fourth-order valence-corrected chi connectivity index (χ4v) is 4.62. The predicted molar refractivity (Wildman–Crippen MR) is 99.3 cm³/mol. The van der Waals surface area contributed by atoms with E-state index in [0.29, 0.717) is 19.4 Å². The summed E-state index contributed by atoms with van der Waals surface area (Å²) in [6.07, 6.45) is 1.07. The molecule has 8 nitrogen and oxygen atoms in total. The van der Waals surface area contributed by atoms with Gasteiger partial charge >= 0.3 is 5.97 Å². The number of benzene rings is 1. The van der Waals surface area contributed by atoms with Crippen LogP contribution in [0.3, 0.4) is 0 Å². The zero-order valence-corrected chi connectivity index (χ0v) is 16.7. The number of amides is 1. The van der Waals surface area contributed by atoms with Crippen molar-refractivity contribution in [1.29, 1.82) is 0 Å². The van der Waals surface area contributed by atoms with Crippen molar-refractivity contribution in [3.8, 4) is 5.75 Å². The van der Waals surface area contributed by atoms with Crippen molar-refractivity contribution in [2.75, 3.05) is 13.7 Å². The summed E-state index contributed by atoms with van der Waals surface area (Å²) in [7, 11) is -2.54. The first-order valence-electron chi connectivity index (χ1n) is 8.81. The molecule has 0 radical (unpaired) electrons. The number of methoxy groups -OCH3 is 1. The number of carbonyl (C=O) groups is 2. The zero-order valence-electron chi connectivity index (χ0n) is 15.9. The maximum atomic E-state index is 12.9. The van der Waals surface area contributed by atoms with Gasteiger partial charge in [0.15, 0.2) is 0 Å². The van der Waals surface area contributed by atoms with Crippen LogP contribution in [0.25, 0.3) is 0 Å². The van der Waals surface area contributed by atoms with Crippen LogP contribution in [0.5, 0.6) is 5.75 Å². The first-order valence-corrected chi connectivity index (χ1v) is 10.3. The summed E-state index contributed by atoms with van der Waals surface area (Å²) in [6.45, 7) is 5.64. The number of rotatable bonds is 6. The van der Waals surface area contributed by atoms with Crippen molar-refractivity contribution in [3.05, 3.63) is 23.8 Å². The molecule has 0 saturated carbocycles. The second-order valence-corrected chi connectivity index (χ2v) is 8.81. The summed E-state index contributed by atoms with van der Waals surface area (Å²) in [5, 5.41) is 9.47. The molecule has 2 atom stereocenters. The number of nitrogens with zero attached hydrogens (tertiary/aromatic N) is 1. The van der Waals surface area contributed by atoms with E-state index in [0.717, 1.165) is 0 Å². The lowest BCUT2D eigenvalue weighted by molar-refractivity contribution is -0.144. The van der Waals surface area contributed by atoms with Crippen LogP contribution in [0.4, 0.5) is 0 Å². The van der Waals surface area contributed by atoms with E-state index >= 15 is 0 Å². The zero-order chi connectivity index (χ0) is 20.4. The Morgan fingerprint density at radius 1 is 1.33 bits per heavy atom. The molecule has 1 aromatic rings. The van der Waals surface area contributed by atoms with Crippen molar-refractivity contribution in [3.63, 3.8) is 0 Å². The van der Waals surface area contributed by atoms with Crippen LogP contribution in [-0.2, 0) is 14.8 Å². The minimum atomic E-state index is -3.89. The number of carboxylic acids is 1. The first kappa shape index (κ1) is 21.2. The molecule has 1 aliphatic heterocycles. The number of aliphatic carboxylic acids is 1. The Labute approximate surface area is 159 Å². The minimum Gasteiger partial charge on any atom is -0.495 e. The fourth-order valence-electron chi connectivity index (χ4n) is 3.18. The van der Waals surface area contributed by atoms with Gasteiger partial charge < -0.3 is 14.7 Å². The number of hydrogen-bond donors (Lipinski definition) is 2. The molecule has 1 aromatic carbocycles. The molecule has 0 bridgehead atoms. The number of nitrogens with one attached hydrogen (secondary N) is 1. The lowest BCUT2D eigenvalue weighted by Gasteiger charge is -2.36. The van der Waals surface area contributed by atoms with Crippen molar-refractivity contribution in [1.82, 2.24) is 9.62 Å². The molecule has 1 fully saturated rings. The molecule has 0 spiro atoms. The molecule has 2 unspecified atom stereocenters. The number of piperidine rings is 1. The van der Waals surface area contributed by atoms with Gasteiger partial charge in [-0.05, 0) is 50.8 Å². The average molecular weight is 398 g/mol. The molecule has 9 heteroatoms. The highest BCUT2D eigenvalue weighted by Gasteiger charge is 2.35. The Bertz CT molecular complexity index is 821. The summed E-state index contributed by atoms with van der Waals surface area (Å²) >= 11 is 0. The van der Waals surface area contributed by atoms with E-state index in [1.807, 2.05) is 6.92 Å². The second kappa shape index (κ2) is 8.26.